The quantitative estimate of drug-likeness (QED) is 0.729. The lowest BCUT2D eigenvalue weighted by atomic mass is 10.3. The van der Waals surface area contributed by atoms with Gasteiger partial charge in [0.25, 0.3) is 0 Å². The topological polar surface area (TPSA) is 37.8 Å². The smallest absolute Gasteiger partial charge is 0.222 e. The number of anilines is 1. The van der Waals surface area contributed by atoms with Crippen molar-refractivity contribution in [3.63, 3.8) is 0 Å². The van der Waals surface area contributed by atoms with E-state index < -0.39 is 0 Å². The largest absolute Gasteiger partial charge is 0.354 e. The van der Waals surface area contributed by atoms with Crippen molar-refractivity contribution < 1.29 is 1.43 Å². The predicted octanol–water partition coefficient (Wildman–Crippen LogP) is 2.96. The van der Waals surface area contributed by atoms with E-state index in [1.165, 1.54) is 6.42 Å². The molecule has 0 saturated heterocycles. The van der Waals surface area contributed by atoms with Crippen molar-refractivity contribution in [2.45, 2.75) is 33.6 Å². The summed E-state index contributed by atoms with van der Waals surface area (Å²) in [6.45, 7) is 7.12. The SMILES string of the molecule is CC.CCCCNc1ncccn1.[HH]. The molecule has 0 unspecified atom stereocenters. The number of nitrogens with one attached hydrogen (secondary N) is 1. The average molecular weight is 183 g/mol. The van der Waals surface area contributed by atoms with Gasteiger partial charge in [-0.25, -0.2) is 9.97 Å². The van der Waals surface area contributed by atoms with Crippen LogP contribution in [0, 0.1) is 0 Å². The Kier molecular flexibility index (Phi) is 8.20. The summed E-state index contributed by atoms with van der Waals surface area (Å²) in [5, 5.41) is 3.12. The summed E-state index contributed by atoms with van der Waals surface area (Å²) in [7, 11) is 0. The molecule has 0 spiro atoms. The standard InChI is InChI=1S/C8H13N3.C2H6.H2/c1-2-3-5-9-8-10-6-4-7-11-8;1-2;/h4,6-7H,2-3,5H2,1H3,(H,9,10,11);1-2H3;1H. The lowest BCUT2D eigenvalue weighted by molar-refractivity contribution is 0.826. The molecule has 0 aliphatic carbocycles. The van der Waals surface area contributed by atoms with Gasteiger partial charge in [-0.3, -0.25) is 0 Å². The number of hydrogen-bond donors (Lipinski definition) is 1. The molecule has 0 fully saturated rings. The molecule has 1 heterocycles. The number of hydrogen-bond acceptors (Lipinski definition) is 3. The fourth-order valence-corrected chi connectivity index (χ4v) is 0.767. The molecule has 3 heteroatoms. The molecular formula is C10H21N3. The van der Waals surface area contributed by atoms with E-state index in [0.29, 0.717) is 0 Å². The van der Waals surface area contributed by atoms with Gasteiger partial charge in [0, 0.05) is 20.4 Å². The van der Waals surface area contributed by atoms with Gasteiger partial charge in [-0.2, -0.15) is 0 Å². The van der Waals surface area contributed by atoms with Gasteiger partial charge < -0.3 is 5.32 Å². The van der Waals surface area contributed by atoms with E-state index in [1.54, 1.807) is 12.4 Å². The van der Waals surface area contributed by atoms with Gasteiger partial charge in [-0.1, -0.05) is 27.2 Å². The highest BCUT2D eigenvalue weighted by atomic mass is 15.1. The number of unbranched alkanes of at least 4 members (excludes halogenated alkanes) is 1. The van der Waals surface area contributed by atoms with Gasteiger partial charge in [-0.05, 0) is 12.5 Å². The van der Waals surface area contributed by atoms with Crippen molar-refractivity contribution in [1.82, 2.24) is 9.97 Å². The number of rotatable bonds is 4. The zero-order valence-electron chi connectivity index (χ0n) is 8.75. The first-order valence-corrected chi connectivity index (χ1v) is 4.94. The normalized spacial score (nSPS) is 8.54. The van der Waals surface area contributed by atoms with Crippen LogP contribution in [0.1, 0.15) is 35.0 Å². The number of aromatic nitrogens is 2. The molecule has 1 N–H and O–H groups in total. The molecule has 0 amide bonds. The third kappa shape index (κ3) is 6.08. The van der Waals surface area contributed by atoms with Crippen molar-refractivity contribution in [3.05, 3.63) is 18.5 Å². The highest BCUT2D eigenvalue weighted by Crippen LogP contribution is 1.94. The molecule has 0 saturated carbocycles. The van der Waals surface area contributed by atoms with Crippen molar-refractivity contribution >= 4 is 5.95 Å². The van der Waals surface area contributed by atoms with Crippen molar-refractivity contribution in [1.29, 1.82) is 0 Å². The van der Waals surface area contributed by atoms with Crippen molar-refractivity contribution in [2.75, 3.05) is 11.9 Å². The molecule has 0 aliphatic rings. The van der Waals surface area contributed by atoms with Crippen LogP contribution in [-0.4, -0.2) is 16.5 Å². The summed E-state index contributed by atoms with van der Waals surface area (Å²) in [5.74, 6) is 0.723. The first kappa shape index (κ1) is 11.9. The monoisotopic (exact) mass is 183 g/mol. The Morgan fingerprint density at radius 2 is 1.92 bits per heavy atom. The van der Waals surface area contributed by atoms with Crippen LogP contribution in [-0.2, 0) is 0 Å². The maximum Gasteiger partial charge on any atom is 0.222 e. The zero-order valence-corrected chi connectivity index (χ0v) is 8.75. The summed E-state index contributed by atoms with van der Waals surface area (Å²) < 4.78 is 0. The van der Waals surface area contributed by atoms with Crippen LogP contribution in [0.5, 0.6) is 0 Å². The zero-order chi connectivity index (χ0) is 9.94. The molecule has 1 aromatic heterocycles. The van der Waals surface area contributed by atoms with Gasteiger partial charge in [0.15, 0.2) is 0 Å². The average Bonchev–Trinajstić information content (AvgIpc) is 2.23. The summed E-state index contributed by atoms with van der Waals surface area (Å²) in [6, 6.07) is 1.81. The fraction of sp³-hybridized carbons (Fsp3) is 0.600. The van der Waals surface area contributed by atoms with Crippen LogP contribution < -0.4 is 5.32 Å². The van der Waals surface area contributed by atoms with E-state index in [4.69, 9.17) is 0 Å². The Hall–Kier alpha value is -1.12. The molecule has 1 aromatic rings. The Morgan fingerprint density at radius 1 is 1.31 bits per heavy atom. The van der Waals surface area contributed by atoms with E-state index in [2.05, 4.69) is 22.2 Å². The summed E-state index contributed by atoms with van der Waals surface area (Å²) in [5.41, 5.74) is 0. The highest BCUT2D eigenvalue weighted by Gasteiger charge is 1.89. The minimum atomic E-state index is 0. The maximum absolute atomic E-state index is 4.03. The second kappa shape index (κ2) is 8.97. The van der Waals surface area contributed by atoms with Crippen LogP contribution >= 0.6 is 0 Å². The molecule has 76 valence electrons. The van der Waals surface area contributed by atoms with E-state index in [-0.39, 0.29) is 1.43 Å². The van der Waals surface area contributed by atoms with Crippen molar-refractivity contribution in [2.24, 2.45) is 0 Å². The molecule has 1 rings (SSSR count). The summed E-state index contributed by atoms with van der Waals surface area (Å²) >= 11 is 0. The van der Waals surface area contributed by atoms with E-state index in [9.17, 15) is 0 Å². The van der Waals surface area contributed by atoms with E-state index in [0.717, 1.165) is 18.9 Å². The highest BCUT2D eigenvalue weighted by molar-refractivity contribution is 5.21. The molecule has 0 atom stereocenters. The van der Waals surface area contributed by atoms with E-state index in [1.807, 2.05) is 19.9 Å². The number of nitrogens with zero attached hydrogens (tertiary/aromatic N) is 2. The second-order valence-electron chi connectivity index (χ2n) is 2.35. The Bertz CT molecular complexity index is 192. The lowest BCUT2D eigenvalue weighted by Crippen LogP contribution is -2.03. The predicted molar refractivity (Wildman–Crippen MR) is 58.9 cm³/mol. The molecular weight excluding hydrogens is 162 g/mol. The molecule has 0 bridgehead atoms. The molecule has 3 nitrogen and oxygen atoms in total. The second-order valence-corrected chi connectivity index (χ2v) is 2.35. The van der Waals surface area contributed by atoms with Crippen LogP contribution in [0.15, 0.2) is 18.5 Å². The third-order valence-electron chi connectivity index (χ3n) is 1.38. The Morgan fingerprint density at radius 3 is 2.46 bits per heavy atom. The lowest BCUT2D eigenvalue weighted by Gasteiger charge is -2.00. The summed E-state index contributed by atoms with van der Waals surface area (Å²) in [4.78, 5) is 8.06. The fourth-order valence-electron chi connectivity index (χ4n) is 0.767. The molecule has 13 heavy (non-hydrogen) atoms. The Balaban J connectivity index is 0. The molecule has 0 aliphatic heterocycles. The van der Waals surface area contributed by atoms with E-state index >= 15 is 0 Å². The first-order chi connectivity index (χ1) is 6.43. The molecule has 0 aromatic carbocycles. The third-order valence-corrected chi connectivity index (χ3v) is 1.38. The maximum atomic E-state index is 4.03. The van der Waals surface area contributed by atoms with Gasteiger partial charge in [0.2, 0.25) is 5.95 Å². The van der Waals surface area contributed by atoms with Crippen LogP contribution in [0.25, 0.3) is 0 Å². The van der Waals surface area contributed by atoms with Gasteiger partial charge >= 0.3 is 0 Å². The summed E-state index contributed by atoms with van der Waals surface area (Å²) in [6.07, 6.45) is 5.83. The first-order valence-electron chi connectivity index (χ1n) is 4.94. The van der Waals surface area contributed by atoms with Crippen LogP contribution in [0.3, 0.4) is 0 Å². The Labute approximate surface area is 82.1 Å². The van der Waals surface area contributed by atoms with Gasteiger partial charge in [-0.15, -0.1) is 0 Å². The van der Waals surface area contributed by atoms with Gasteiger partial charge in [0.1, 0.15) is 0 Å². The van der Waals surface area contributed by atoms with Crippen LogP contribution in [0.2, 0.25) is 0 Å². The van der Waals surface area contributed by atoms with Crippen LogP contribution in [0.4, 0.5) is 5.95 Å². The molecule has 0 radical (unpaired) electrons. The minimum absolute atomic E-state index is 0. The van der Waals surface area contributed by atoms with Crippen molar-refractivity contribution in [3.8, 4) is 0 Å². The van der Waals surface area contributed by atoms with Gasteiger partial charge in [0.05, 0.1) is 0 Å². The minimum Gasteiger partial charge on any atom is -0.354 e.